The van der Waals surface area contributed by atoms with Gasteiger partial charge in [0.25, 0.3) is 0 Å². The van der Waals surface area contributed by atoms with Crippen LogP contribution in [0.2, 0.25) is 0 Å². The molecule has 1 amide bonds. The van der Waals surface area contributed by atoms with Gasteiger partial charge in [0, 0.05) is 12.1 Å². The Morgan fingerprint density at radius 3 is 2.75 bits per heavy atom. The van der Waals surface area contributed by atoms with Crippen LogP contribution in [0.4, 0.5) is 0 Å². The maximum atomic E-state index is 12.3. The van der Waals surface area contributed by atoms with Gasteiger partial charge in [-0.3, -0.25) is 4.79 Å². The molecule has 0 radical (unpaired) electrons. The van der Waals surface area contributed by atoms with Gasteiger partial charge in [0.1, 0.15) is 11.5 Å². The van der Waals surface area contributed by atoms with E-state index in [0.29, 0.717) is 23.8 Å². The van der Waals surface area contributed by atoms with E-state index in [0.717, 1.165) is 28.3 Å². The van der Waals surface area contributed by atoms with E-state index in [1.54, 1.807) is 18.7 Å². The molecule has 0 atom stereocenters. The van der Waals surface area contributed by atoms with Crippen LogP contribution < -0.4 is 14.8 Å². The van der Waals surface area contributed by atoms with E-state index < -0.39 is 0 Å². The van der Waals surface area contributed by atoms with Crippen LogP contribution in [0.1, 0.15) is 5.56 Å². The van der Waals surface area contributed by atoms with Crippen molar-refractivity contribution in [2.75, 3.05) is 26.5 Å². The van der Waals surface area contributed by atoms with Crippen LogP contribution in [-0.2, 0) is 11.2 Å². The zero-order valence-corrected chi connectivity index (χ0v) is 18.6. The van der Waals surface area contributed by atoms with E-state index in [1.165, 1.54) is 11.8 Å². The fourth-order valence-electron chi connectivity index (χ4n) is 3.22. The number of benzene rings is 2. The molecule has 2 aromatic carbocycles. The third-order valence-corrected chi connectivity index (χ3v) is 5.76. The number of nitrogens with zero attached hydrogens (tertiary/aromatic N) is 4. The van der Waals surface area contributed by atoms with Gasteiger partial charge < -0.3 is 14.8 Å². The Hall–Kier alpha value is -3.59. The third-order valence-electron chi connectivity index (χ3n) is 4.84. The Bertz CT molecular complexity index is 1230. The molecule has 4 aromatic rings. The van der Waals surface area contributed by atoms with E-state index in [2.05, 4.69) is 20.6 Å². The number of rotatable bonds is 9. The maximum Gasteiger partial charge on any atom is 0.230 e. The van der Waals surface area contributed by atoms with Gasteiger partial charge in [0.2, 0.25) is 11.1 Å². The number of hydrogen-bond acceptors (Lipinski definition) is 7. The molecule has 164 valence electrons. The molecule has 32 heavy (non-hydrogen) atoms. The predicted octanol–water partition coefficient (Wildman–Crippen LogP) is 3.26. The second kappa shape index (κ2) is 10.1. The molecular formula is C23H23N5O3S. The Kier molecular flexibility index (Phi) is 6.86. The number of fused-ring (bicyclic) bond motifs is 1. The van der Waals surface area contributed by atoms with Crippen molar-refractivity contribution >= 4 is 23.3 Å². The van der Waals surface area contributed by atoms with Gasteiger partial charge in [-0.05, 0) is 42.3 Å². The number of nitrogens with one attached hydrogen (secondary N) is 1. The first-order valence-electron chi connectivity index (χ1n) is 10.1. The molecule has 0 unspecified atom stereocenters. The van der Waals surface area contributed by atoms with Crippen LogP contribution >= 0.6 is 11.8 Å². The molecule has 0 fully saturated rings. The summed E-state index contributed by atoms with van der Waals surface area (Å²) in [6.07, 6.45) is 0.694. The lowest BCUT2D eigenvalue weighted by molar-refractivity contribution is -0.118. The lowest BCUT2D eigenvalue weighted by Crippen LogP contribution is -2.27. The quantitative estimate of drug-likeness (QED) is 0.392. The molecule has 2 heterocycles. The fourth-order valence-corrected chi connectivity index (χ4v) is 3.94. The van der Waals surface area contributed by atoms with E-state index >= 15 is 0 Å². The highest BCUT2D eigenvalue weighted by atomic mass is 32.2. The minimum absolute atomic E-state index is 0.0781. The molecule has 0 saturated carbocycles. The highest BCUT2D eigenvalue weighted by Gasteiger charge is 2.12. The zero-order chi connectivity index (χ0) is 22.3. The lowest BCUT2D eigenvalue weighted by Gasteiger charge is -2.09. The first-order chi connectivity index (χ1) is 15.7. The highest BCUT2D eigenvalue weighted by Crippen LogP contribution is 2.24. The first kappa shape index (κ1) is 21.6. The van der Waals surface area contributed by atoms with Gasteiger partial charge in [-0.2, -0.15) is 9.61 Å². The number of hydrogen-bond donors (Lipinski definition) is 1. The summed E-state index contributed by atoms with van der Waals surface area (Å²) in [5, 5.41) is 16.5. The molecule has 8 nitrogen and oxygen atoms in total. The van der Waals surface area contributed by atoms with Crippen molar-refractivity contribution in [3.05, 3.63) is 66.2 Å². The van der Waals surface area contributed by atoms with Gasteiger partial charge >= 0.3 is 0 Å². The minimum Gasteiger partial charge on any atom is -0.497 e. The van der Waals surface area contributed by atoms with E-state index in [-0.39, 0.29) is 11.7 Å². The Morgan fingerprint density at radius 2 is 1.91 bits per heavy atom. The summed E-state index contributed by atoms with van der Waals surface area (Å²) in [7, 11) is 3.27. The second-order valence-corrected chi connectivity index (χ2v) is 7.85. The van der Waals surface area contributed by atoms with Crippen LogP contribution in [0.25, 0.3) is 16.9 Å². The highest BCUT2D eigenvalue weighted by molar-refractivity contribution is 7.99. The second-order valence-electron chi connectivity index (χ2n) is 6.90. The average Bonchev–Trinajstić information content (AvgIpc) is 3.25. The molecular weight excluding hydrogens is 426 g/mol. The molecule has 0 aliphatic carbocycles. The third kappa shape index (κ3) is 5.00. The summed E-state index contributed by atoms with van der Waals surface area (Å²) in [6, 6.07) is 19.2. The van der Waals surface area contributed by atoms with Crippen LogP contribution in [0.5, 0.6) is 11.5 Å². The van der Waals surface area contributed by atoms with Crippen molar-refractivity contribution in [2.24, 2.45) is 0 Å². The maximum absolute atomic E-state index is 12.3. The van der Waals surface area contributed by atoms with Gasteiger partial charge in [0.15, 0.2) is 5.65 Å². The summed E-state index contributed by atoms with van der Waals surface area (Å²) in [6.45, 7) is 0.526. The van der Waals surface area contributed by atoms with Crippen molar-refractivity contribution in [1.82, 2.24) is 25.1 Å². The minimum atomic E-state index is -0.0781. The number of carbonyl (C=O) groups is 1. The van der Waals surface area contributed by atoms with Gasteiger partial charge in [-0.1, -0.05) is 42.1 Å². The van der Waals surface area contributed by atoms with Gasteiger partial charge in [-0.15, -0.1) is 10.2 Å². The molecule has 0 bridgehead atoms. The SMILES string of the molecule is COc1cccc(-c2ccc3nnc(SCC(=O)NCCc4ccccc4OC)n3n2)c1. The summed E-state index contributed by atoms with van der Waals surface area (Å²) in [4.78, 5) is 12.3. The molecule has 4 rings (SSSR count). The fraction of sp³-hybridized carbons (Fsp3) is 0.217. The van der Waals surface area contributed by atoms with Crippen molar-refractivity contribution in [1.29, 1.82) is 0 Å². The standard InChI is InChI=1S/C23H23N5O3S/c1-30-18-8-5-7-17(14-18)19-10-11-21-25-26-23(28(21)27-19)32-15-22(29)24-13-12-16-6-3-4-9-20(16)31-2/h3-11,14H,12-13,15H2,1-2H3,(H,24,29). The normalized spacial score (nSPS) is 10.8. The predicted molar refractivity (Wildman–Crippen MR) is 123 cm³/mol. The van der Waals surface area contributed by atoms with Crippen LogP contribution in [0.15, 0.2) is 65.8 Å². The first-order valence-corrected chi connectivity index (χ1v) is 11.0. The summed E-state index contributed by atoms with van der Waals surface area (Å²) in [5.41, 5.74) is 3.36. The smallest absolute Gasteiger partial charge is 0.230 e. The van der Waals surface area contributed by atoms with Crippen molar-refractivity contribution < 1.29 is 14.3 Å². The molecule has 0 aliphatic rings. The van der Waals surface area contributed by atoms with Crippen molar-refractivity contribution in [3.8, 4) is 22.8 Å². The number of ether oxygens (including phenoxy) is 2. The zero-order valence-electron chi connectivity index (χ0n) is 17.8. The number of carbonyl (C=O) groups excluding carboxylic acids is 1. The van der Waals surface area contributed by atoms with Crippen molar-refractivity contribution in [2.45, 2.75) is 11.6 Å². The van der Waals surface area contributed by atoms with E-state index in [4.69, 9.17) is 9.47 Å². The largest absolute Gasteiger partial charge is 0.497 e. The molecule has 0 saturated heterocycles. The topological polar surface area (TPSA) is 90.6 Å². The molecule has 1 N–H and O–H groups in total. The molecule has 2 aromatic heterocycles. The number of amides is 1. The number of para-hydroxylation sites is 1. The molecule has 0 aliphatic heterocycles. The monoisotopic (exact) mass is 449 g/mol. The van der Waals surface area contributed by atoms with Crippen LogP contribution in [0.3, 0.4) is 0 Å². The average molecular weight is 450 g/mol. The van der Waals surface area contributed by atoms with Gasteiger partial charge in [-0.25, -0.2) is 0 Å². The van der Waals surface area contributed by atoms with Crippen LogP contribution in [-0.4, -0.2) is 52.2 Å². The number of aromatic nitrogens is 4. The molecule has 0 spiro atoms. The van der Waals surface area contributed by atoms with Crippen LogP contribution in [0, 0.1) is 0 Å². The van der Waals surface area contributed by atoms with Gasteiger partial charge in [0.05, 0.1) is 25.7 Å². The summed E-state index contributed by atoms with van der Waals surface area (Å²) < 4.78 is 12.3. The van der Waals surface area contributed by atoms with E-state index in [1.807, 2.05) is 60.7 Å². The lowest BCUT2D eigenvalue weighted by atomic mass is 10.1. The Morgan fingerprint density at radius 1 is 1.03 bits per heavy atom. The Balaban J connectivity index is 1.38. The number of methoxy groups -OCH3 is 2. The van der Waals surface area contributed by atoms with E-state index in [9.17, 15) is 4.79 Å². The summed E-state index contributed by atoms with van der Waals surface area (Å²) in [5.74, 6) is 1.72. The number of thioether (sulfide) groups is 1. The molecule has 9 heteroatoms. The summed E-state index contributed by atoms with van der Waals surface area (Å²) >= 11 is 1.30. The van der Waals surface area contributed by atoms with Crippen molar-refractivity contribution in [3.63, 3.8) is 0 Å². The Labute approximate surface area is 190 Å².